The summed E-state index contributed by atoms with van der Waals surface area (Å²) in [5.41, 5.74) is 3.25. The quantitative estimate of drug-likeness (QED) is 0.794. The summed E-state index contributed by atoms with van der Waals surface area (Å²) in [6, 6.07) is 2.31. The van der Waals surface area contributed by atoms with E-state index in [9.17, 15) is 5.26 Å². The van der Waals surface area contributed by atoms with Crippen LogP contribution in [0.2, 0.25) is 0 Å². The monoisotopic (exact) mass is 327 g/mol. The van der Waals surface area contributed by atoms with E-state index in [2.05, 4.69) is 31.4 Å². The highest BCUT2D eigenvalue weighted by atomic mass is 16.5. The van der Waals surface area contributed by atoms with Crippen molar-refractivity contribution in [2.45, 2.75) is 52.2 Å². The smallest absolute Gasteiger partial charge is 0.234 e. The van der Waals surface area contributed by atoms with Gasteiger partial charge in [0.25, 0.3) is 0 Å². The van der Waals surface area contributed by atoms with Gasteiger partial charge in [-0.1, -0.05) is 6.58 Å². The van der Waals surface area contributed by atoms with Gasteiger partial charge in [0.15, 0.2) is 0 Å². The molecular formula is C19H25N3O2. The van der Waals surface area contributed by atoms with Crippen LogP contribution >= 0.6 is 0 Å². The van der Waals surface area contributed by atoms with E-state index in [1.807, 2.05) is 6.92 Å². The van der Waals surface area contributed by atoms with Gasteiger partial charge in [-0.2, -0.15) is 10.2 Å². The van der Waals surface area contributed by atoms with Crippen molar-refractivity contribution < 1.29 is 9.47 Å². The molecule has 0 saturated carbocycles. The van der Waals surface area contributed by atoms with Crippen LogP contribution in [-0.2, 0) is 17.8 Å². The summed E-state index contributed by atoms with van der Waals surface area (Å²) in [6.45, 7) is 12.8. The Hall–Kier alpha value is -2.06. The van der Waals surface area contributed by atoms with E-state index in [-0.39, 0.29) is 5.60 Å². The number of aromatic nitrogens is 1. The van der Waals surface area contributed by atoms with Gasteiger partial charge in [0.2, 0.25) is 5.88 Å². The van der Waals surface area contributed by atoms with Crippen LogP contribution in [0, 0.1) is 11.3 Å². The van der Waals surface area contributed by atoms with E-state index >= 15 is 0 Å². The first kappa shape index (κ1) is 16.8. The molecule has 1 saturated heterocycles. The van der Waals surface area contributed by atoms with E-state index in [0.29, 0.717) is 31.1 Å². The Morgan fingerprint density at radius 1 is 1.38 bits per heavy atom. The van der Waals surface area contributed by atoms with E-state index in [1.54, 1.807) is 0 Å². The maximum atomic E-state index is 9.72. The number of pyridine rings is 1. The summed E-state index contributed by atoms with van der Waals surface area (Å²) in [5, 5.41) is 9.72. The number of nitriles is 1. The Balaban J connectivity index is 2.11. The molecule has 5 nitrogen and oxygen atoms in total. The first-order valence-electron chi connectivity index (χ1n) is 8.53. The molecule has 2 aliphatic heterocycles. The Kier molecular flexibility index (Phi) is 4.51. The third-order valence-electron chi connectivity index (χ3n) is 4.54. The van der Waals surface area contributed by atoms with Gasteiger partial charge in [-0.3, -0.25) is 0 Å². The minimum Gasteiger partial charge on any atom is -0.472 e. The van der Waals surface area contributed by atoms with Crippen LogP contribution in [0.1, 0.15) is 50.3 Å². The summed E-state index contributed by atoms with van der Waals surface area (Å²) in [4.78, 5) is 7.01. The molecule has 0 atom stereocenters. The normalized spacial score (nSPS) is 18.8. The third-order valence-corrected chi connectivity index (χ3v) is 4.54. The molecule has 1 aromatic rings. The topological polar surface area (TPSA) is 58.4 Å². The van der Waals surface area contributed by atoms with Crippen molar-refractivity contribution in [2.24, 2.45) is 0 Å². The van der Waals surface area contributed by atoms with Gasteiger partial charge in [0.05, 0.1) is 12.2 Å². The van der Waals surface area contributed by atoms with Crippen LogP contribution < -0.4 is 9.64 Å². The molecule has 0 spiro atoms. The molecule has 0 amide bonds. The van der Waals surface area contributed by atoms with Crippen molar-refractivity contribution in [1.29, 1.82) is 5.26 Å². The van der Waals surface area contributed by atoms with Crippen molar-refractivity contribution in [3.63, 3.8) is 0 Å². The Labute approximate surface area is 143 Å². The molecule has 24 heavy (non-hydrogen) atoms. The van der Waals surface area contributed by atoms with Crippen molar-refractivity contribution in [3.8, 4) is 11.9 Å². The maximum absolute atomic E-state index is 9.72. The van der Waals surface area contributed by atoms with Crippen molar-refractivity contribution in [2.75, 3.05) is 24.6 Å². The van der Waals surface area contributed by atoms with E-state index in [0.717, 1.165) is 35.6 Å². The second kappa shape index (κ2) is 6.45. The molecular weight excluding hydrogens is 302 g/mol. The molecule has 0 aromatic carbocycles. The van der Waals surface area contributed by atoms with Gasteiger partial charge in [-0.15, -0.1) is 0 Å². The number of hydrogen-bond donors (Lipinski definition) is 0. The number of ether oxygens (including phenoxy) is 2. The van der Waals surface area contributed by atoms with Crippen molar-refractivity contribution in [3.05, 3.63) is 28.8 Å². The number of nitrogens with zero attached hydrogens (tertiary/aromatic N) is 3. The number of anilines is 1. The van der Waals surface area contributed by atoms with Gasteiger partial charge in [-0.05, 0) is 44.7 Å². The molecule has 1 fully saturated rings. The van der Waals surface area contributed by atoms with E-state index < -0.39 is 0 Å². The summed E-state index contributed by atoms with van der Waals surface area (Å²) in [5.74, 6) is 1.35. The fourth-order valence-electron chi connectivity index (χ4n) is 3.33. The minimum atomic E-state index is -0.284. The highest BCUT2D eigenvalue weighted by molar-refractivity contribution is 5.61. The van der Waals surface area contributed by atoms with Crippen LogP contribution in [0.4, 0.5) is 5.82 Å². The Morgan fingerprint density at radius 3 is 2.71 bits per heavy atom. The van der Waals surface area contributed by atoms with Crippen LogP contribution in [0.5, 0.6) is 5.88 Å². The lowest BCUT2D eigenvalue weighted by Gasteiger charge is -2.35. The third kappa shape index (κ3) is 3.25. The molecule has 0 unspecified atom stereocenters. The molecule has 0 N–H and O–H groups in total. The standard InChI is InChI=1S/C19H25N3O2/c1-13(2)11-23-18-15(10-20)14-9-19(3,4)24-12-16(14)17(21-18)22-7-5-6-8-22/h1,5-9,11-12H2,2-4H3. The number of fused-ring (bicyclic) bond motifs is 1. The van der Waals surface area contributed by atoms with Crippen LogP contribution in [0.3, 0.4) is 0 Å². The largest absolute Gasteiger partial charge is 0.472 e. The Bertz CT molecular complexity index is 698. The average molecular weight is 327 g/mol. The van der Waals surface area contributed by atoms with E-state index in [1.165, 1.54) is 12.8 Å². The molecule has 0 aliphatic carbocycles. The fourth-order valence-corrected chi connectivity index (χ4v) is 3.33. The molecule has 5 heteroatoms. The second-order valence-electron chi connectivity index (χ2n) is 7.35. The summed E-state index contributed by atoms with van der Waals surface area (Å²) in [6.07, 6.45) is 3.04. The SMILES string of the molecule is C=C(C)COc1nc(N2CCCC2)c2c(c1C#N)CC(C)(C)OC2. The highest BCUT2D eigenvalue weighted by Gasteiger charge is 2.34. The number of hydrogen-bond acceptors (Lipinski definition) is 5. The lowest BCUT2D eigenvalue weighted by atomic mass is 9.89. The molecule has 0 bridgehead atoms. The predicted molar refractivity (Wildman–Crippen MR) is 93.3 cm³/mol. The van der Waals surface area contributed by atoms with Crippen LogP contribution in [0.25, 0.3) is 0 Å². The molecule has 0 radical (unpaired) electrons. The highest BCUT2D eigenvalue weighted by Crippen LogP contribution is 2.39. The first-order chi connectivity index (χ1) is 11.4. The lowest BCUT2D eigenvalue weighted by Crippen LogP contribution is -2.34. The predicted octanol–water partition coefficient (Wildman–Crippen LogP) is 3.36. The maximum Gasteiger partial charge on any atom is 0.234 e. The second-order valence-corrected chi connectivity index (χ2v) is 7.35. The molecule has 3 heterocycles. The van der Waals surface area contributed by atoms with Gasteiger partial charge < -0.3 is 14.4 Å². The van der Waals surface area contributed by atoms with Crippen molar-refractivity contribution in [1.82, 2.24) is 4.98 Å². The van der Waals surface area contributed by atoms with Gasteiger partial charge in [0.1, 0.15) is 24.1 Å². The molecule has 3 rings (SSSR count). The summed E-state index contributed by atoms with van der Waals surface area (Å²) >= 11 is 0. The summed E-state index contributed by atoms with van der Waals surface area (Å²) in [7, 11) is 0. The van der Waals surface area contributed by atoms with Crippen molar-refractivity contribution >= 4 is 5.82 Å². The number of rotatable bonds is 4. The van der Waals surface area contributed by atoms with Gasteiger partial charge in [-0.25, -0.2) is 0 Å². The molecule has 1 aromatic heterocycles. The zero-order valence-corrected chi connectivity index (χ0v) is 14.8. The Morgan fingerprint density at radius 2 is 2.08 bits per heavy atom. The van der Waals surface area contributed by atoms with Crippen LogP contribution in [-0.4, -0.2) is 30.3 Å². The van der Waals surface area contributed by atoms with E-state index in [4.69, 9.17) is 14.5 Å². The average Bonchev–Trinajstić information content (AvgIpc) is 3.04. The molecule has 2 aliphatic rings. The zero-order valence-electron chi connectivity index (χ0n) is 14.8. The van der Waals surface area contributed by atoms with Crippen LogP contribution in [0.15, 0.2) is 12.2 Å². The van der Waals surface area contributed by atoms with Gasteiger partial charge in [0, 0.05) is 25.1 Å². The zero-order chi connectivity index (χ0) is 17.3. The minimum absolute atomic E-state index is 0.284. The first-order valence-corrected chi connectivity index (χ1v) is 8.53. The lowest BCUT2D eigenvalue weighted by molar-refractivity contribution is -0.0401. The summed E-state index contributed by atoms with van der Waals surface area (Å²) < 4.78 is 11.8. The van der Waals surface area contributed by atoms with Gasteiger partial charge >= 0.3 is 0 Å². The fraction of sp³-hybridized carbons (Fsp3) is 0.579. The molecule has 128 valence electrons.